The van der Waals surface area contributed by atoms with E-state index in [9.17, 15) is 10.2 Å². The maximum Gasteiger partial charge on any atom is 0.229 e. The monoisotopic (exact) mass is 437 g/mol. The molecule has 0 bridgehead atoms. The predicted octanol–water partition coefficient (Wildman–Crippen LogP) is 2.99. The highest BCUT2D eigenvalue weighted by Crippen LogP contribution is 2.25. The van der Waals surface area contributed by atoms with Crippen molar-refractivity contribution in [3.05, 3.63) is 41.9 Å². The molecule has 3 aromatic rings. The Morgan fingerprint density at radius 2 is 1.88 bits per heavy atom. The fraction of sp³-hybridized carbons (Fsp3) is 0.478. The number of rotatable bonds is 7. The van der Waals surface area contributed by atoms with Gasteiger partial charge in [0.05, 0.1) is 17.9 Å². The molecule has 4 N–H and O–H groups in total. The first-order valence-corrected chi connectivity index (χ1v) is 11.1. The largest absolute Gasteiger partial charge is 0.393 e. The van der Waals surface area contributed by atoms with Crippen LogP contribution in [0.15, 0.2) is 30.6 Å². The third-order valence-electron chi connectivity index (χ3n) is 5.47. The molecule has 0 spiro atoms. The molecule has 0 aromatic carbocycles. The van der Waals surface area contributed by atoms with E-state index in [0.717, 1.165) is 43.4 Å². The Morgan fingerprint density at radius 1 is 1.09 bits per heavy atom. The second-order valence-corrected chi connectivity index (χ2v) is 8.69. The first kappa shape index (κ1) is 22.3. The van der Waals surface area contributed by atoms with Crippen molar-refractivity contribution in [3.8, 4) is 0 Å². The SMILES string of the molecule is CC(C)Nc1nc(C(C)O)cc2cnc(Nc3ccc(CN4CCC(O)CC4)cn3)nc12. The first-order valence-electron chi connectivity index (χ1n) is 11.1. The van der Waals surface area contributed by atoms with E-state index in [2.05, 4.69) is 35.5 Å². The van der Waals surface area contributed by atoms with Gasteiger partial charge in [-0.15, -0.1) is 0 Å². The van der Waals surface area contributed by atoms with Crippen LogP contribution in [0.25, 0.3) is 10.9 Å². The molecule has 4 rings (SSSR count). The van der Waals surface area contributed by atoms with Gasteiger partial charge in [0.2, 0.25) is 5.95 Å². The normalized spacial score (nSPS) is 16.4. The van der Waals surface area contributed by atoms with Gasteiger partial charge in [0.15, 0.2) is 5.82 Å². The molecule has 0 amide bonds. The van der Waals surface area contributed by atoms with Crippen molar-refractivity contribution in [2.75, 3.05) is 23.7 Å². The second-order valence-electron chi connectivity index (χ2n) is 8.69. The molecule has 1 atom stereocenters. The van der Waals surface area contributed by atoms with Gasteiger partial charge >= 0.3 is 0 Å². The Balaban J connectivity index is 1.50. The summed E-state index contributed by atoms with van der Waals surface area (Å²) in [5, 5.41) is 26.9. The van der Waals surface area contributed by atoms with E-state index in [-0.39, 0.29) is 12.1 Å². The highest BCUT2D eigenvalue weighted by atomic mass is 16.3. The molecule has 0 radical (unpaired) electrons. The van der Waals surface area contributed by atoms with Crippen molar-refractivity contribution in [1.29, 1.82) is 0 Å². The lowest BCUT2D eigenvalue weighted by Crippen LogP contribution is -2.35. The number of hydrogen-bond acceptors (Lipinski definition) is 9. The van der Waals surface area contributed by atoms with Crippen LogP contribution in [-0.2, 0) is 6.54 Å². The highest BCUT2D eigenvalue weighted by molar-refractivity contribution is 5.89. The van der Waals surface area contributed by atoms with Crippen LogP contribution in [0.1, 0.15) is 51.0 Å². The van der Waals surface area contributed by atoms with Gasteiger partial charge in [-0.3, -0.25) is 4.90 Å². The van der Waals surface area contributed by atoms with Gasteiger partial charge in [-0.25, -0.2) is 19.9 Å². The number of nitrogens with zero attached hydrogens (tertiary/aromatic N) is 5. The van der Waals surface area contributed by atoms with Crippen LogP contribution in [0.4, 0.5) is 17.6 Å². The Hall–Kier alpha value is -2.88. The summed E-state index contributed by atoms with van der Waals surface area (Å²) in [5.41, 5.74) is 2.39. The number of fused-ring (bicyclic) bond motifs is 1. The lowest BCUT2D eigenvalue weighted by Gasteiger charge is -2.29. The van der Waals surface area contributed by atoms with E-state index < -0.39 is 6.10 Å². The zero-order valence-electron chi connectivity index (χ0n) is 18.8. The average Bonchev–Trinajstić information content (AvgIpc) is 2.76. The van der Waals surface area contributed by atoms with E-state index in [4.69, 9.17) is 0 Å². The van der Waals surface area contributed by atoms with Crippen LogP contribution in [0.3, 0.4) is 0 Å². The van der Waals surface area contributed by atoms with Crippen molar-refractivity contribution >= 4 is 28.5 Å². The summed E-state index contributed by atoms with van der Waals surface area (Å²) in [6.07, 6.45) is 4.39. The molecule has 32 heavy (non-hydrogen) atoms. The molecule has 1 aliphatic heterocycles. The fourth-order valence-electron chi connectivity index (χ4n) is 3.75. The maximum absolute atomic E-state index is 9.96. The average molecular weight is 438 g/mol. The predicted molar refractivity (Wildman–Crippen MR) is 125 cm³/mol. The number of hydrogen-bond donors (Lipinski definition) is 4. The highest BCUT2D eigenvalue weighted by Gasteiger charge is 2.17. The van der Waals surface area contributed by atoms with E-state index in [0.29, 0.717) is 28.8 Å². The quantitative estimate of drug-likeness (QED) is 0.442. The van der Waals surface area contributed by atoms with Crippen LogP contribution >= 0.6 is 0 Å². The van der Waals surface area contributed by atoms with Gasteiger partial charge in [-0.05, 0) is 51.3 Å². The van der Waals surface area contributed by atoms with Crippen LogP contribution in [0, 0.1) is 0 Å². The summed E-state index contributed by atoms with van der Waals surface area (Å²) in [6, 6.07) is 5.94. The number of aliphatic hydroxyl groups is 2. The van der Waals surface area contributed by atoms with Crippen LogP contribution in [0.2, 0.25) is 0 Å². The van der Waals surface area contributed by atoms with Gasteiger partial charge in [-0.1, -0.05) is 6.07 Å². The number of piperidine rings is 1. The number of likely N-dealkylation sites (tertiary alicyclic amines) is 1. The minimum Gasteiger partial charge on any atom is -0.393 e. The summed E-state index contributed by atoms with van der Waals surface area (Å²) < 4.78 is 0. The zero-order valence-corrected chi connectivity index (χ0v) is 18.8. The molecule has 170 valence electrons. The Kier molecular flexibility index (Phi) is 6.78. The molecule has 1 unspecified atom stereocenters. The molecule has 0 aliphatic carbocycles. The zero-order chi connectivity index (χ0) is 22.7. The first-order chi connectivity index (χ1) is 15.4. The Morgan fingerprint density at radius 3 is 2.53 bits per heavy atom. The Bertz CT molecular complexity index is 1050. The summed E-state index contributed by atoms with van der Waals surface area (Å²) in [5.74, 6) is 1.71. The van der Waals surface area contributed by atoms with Crippen LogP contribution < -0.4 is 10.6 Å². The number of aromatic nitrogens is 4. The molecule has 1 saturated heterocycles. The number of anilines is 3. The van der Waals surface area contributed by atoms with Gasteiger partial charge < -0.3 is 20.8 Å². The molecular weight excluding hydrogens is 406 g/mol. The van der Waals surface area contributed by atoms with E-state index in [1.165, 1.54) is 0 Å². The van der Waals surface area contributed by atoms with Gasteiger partial charge in [-0.2, -0.15) is 0 Å². The molecule has 3 aromatic heterocycles. The maximum atomic E-state index is 9.96. The molecule has 4 heterocycles. The summed E-state index contributed by atoms with van der Waals surface area (Å²) in [4.78, 5) is 20.5. The lowest BCUT2D eigenvalue weighted by atomic mass is 10.1. The van der Waals surface area contributed by atoms with Crippen molar-refractivity contribution < 1.29 is 10.2 Å². The number of aliphatic hydroxyl groups excluding tert-OH is 2. The van der Waals surface area contributed by atoms with Crippen LogP contribution in [-0.4, -0.2) is 60.3 Å². The smallest absolute Gasteiger partial charge is 0.229 e. The minimum atomic E-state index is -0.678. The topological polar surface area (TPSA) is 119 Å². The summed E-state index contributed by atoms with van der Waals surface area (Å²) >= 11 is 0. The van der Waals surface area contributed by atoms with E-state index in [1.807, 2.05) is 38.2 Å². The molecule has 9 heteroatoms. The number of pyridine rings is 2. The second kappa shape index (κ2) is 9.72. The van der Waals surface area contributed by atoms with Gasteiger partial charge in [0.1, 0.15) is 11.3 Å². The Labute approximate surface area is 188 Å². The summed E-state index contributed by atoms with van der Waals surface area (Å²) in [6.45, 7) is 8.39. The molecule has 0 saturated carbocycles. The van der Waals surface area contributed by atoms with Gasteiger partial charge in [0.25, 0.3) is 0 Å². The lowest BCUT2D eigenvalue weighted by molar-refractivity contribution is 0.0792. The standard InChI is InChI=1S/C23H31N7O2/c1-14(2)26-22-21-17(10-19(27-22)15(3)31)12-25-23(29-21)28-20-5-4-16(11-24-20)13-30-8-6-18(32)7-9-30/h4-5,10-12,14-15,18,31-32H,6-9,13H2,1-3H3,(H,26,27)(H,24,25,28,29). The molecule has 1 fully saturated rings. The third kappa shape index (κ3) is 5.48. The number of nitrogens with one attached hydrogen (secondary N) is 2. The third-order valence-corrected chi connectivity index (χ3v) is 5.47. The molecule has 9 nitrogen and oxygen atoms in total. The van der Waals surface area contributed by atoms with Crippen molar-refractivity contribution in [2.24, 2.45) is 0 Å². The fourth-order valence-corrected chi connectivity index (χ4v) is 3.75. The molecule has 1 aliphatic rings. The van der Waals surface area contributed by atoms with Gasteiger partial charge in [0, 0.05) is 43.5 Å². The molecular formula is C23H31N7O2. The van der Waals surface area contributed by atoms with E-state index in [1.54, 1.807) is 13.1 Å². The minimum absolute atomic E-state index is 0.164. The van der Waals surface area contributed by atoms with Crippen molar-refractivity contribution in [1.82, 2.24) is 24.8 Å². The van der Waals surface area contributed by atoms with Crippen molar-refractivity contribution in [2.45, 2.75) is 58.4 Å². The summed E-state index contributed by atoms with van der Waals surface area (Å²) in [7, 11) is 0. The van der Waals surface area contributed by atoms with E-state index >= 15 is 0 Å². The van der Waals surface area contributed by atoms with Crippen molar-refractivity contribution in [3.63, 3.8) is 0 Å². The van der Waals surface area contributed by atoms with Crippen LogP contribution in [0.5, 0.6) is 0 Å².